The maximum Gasteiger partial charge on any atom is 0.0790 e. The Hall–Kier alpha value is -4.49. The van der Waals surface area contributed by atoms with Gasteiger partial charge in [-0.2, -0.15) is 0 Å². The summed E-state index contributed by atoms with van der Waals surface area (Å²) in [5.41, 5.74) is 16.4. The van der Waals surface area contributed by atoms with Gasteiger partial charge in [0, 0.05) is 16.5 Å². The van der Waals surface area contributed by atoms with E-state index < -0.39 is 0 Å². The molecule has 1 nitrogen and oxygen atoms in total. The van der Waals surface area contributed by atoms with Gasteiger partial charge in [-0.05, 0) is 108 Å². The highest BCUT2D eigenvalue weighted by molar-refractivity contribution is 5.94. The lowest BCUT2D eigenvalue weighted by molar-refractivity contribution is 0.922. The smallest absolute Gasteiger partial charge is 0.0790 e. The number of aryl methyl sites for hydroxylation is 6. The zero-order chi connectivity index (χ0) is 27.1. The lowest BCUT2D eigenvalue weighted by Crippen LogP contribution is -2.02. The first-order valence-corrected chi connectivity index (χ1v) is 14.4. The molecule has 5 aromatic carbocycles. The normalized spacial score (nSPS) is 12.8. The van der Waals surface area contributed by atoms with Crippen LogP contribution in [0.5, 0.6) is 0 Å². The average Bonchev–Trinajstić information content (AvgIpc) is 2.98. The first kappa shape index (κ1) is 24.5. The molecule has 4 aliphatic carbocycles. The summed E-state index contributed by atoms with van der Waals surface area (Å²) in [5, 5.41) is 1.23. The molecule has 0 spiro atoms. The fourth-order valence-electron chi connectivity index (χ4n) is 6.19. The van der Waals surface area contributed by atoms with Gasteiger partial charge in [-0.25, -0.2) is 4.98 Å². The monoisotopic (exact) mass is 515 g/mol. The summed E-state index contributed by atoms with van der Waals surface area (Å²) in [6.45, 7) is 4.37. The predicted molar refractivity (Wildman–Crippen MR) is 169 cm³/mol. The van der Waals surface area contributed by atoms with Crippen LogP contribution < -0.4 is 0 Å². The highest BCUT2D eigenvalue weighted by atomic mass is 14.7. The summed E-state index contributed by atoms with van der Waals surface area (Å²) in [7, 11) is 0. The average molecular weight is 516 g/mol. The fourth-order valence-corrected chi connectivity index (χ4v) is 6.19. The molecule has 0 saturated carbocycles. The predicted octanol–water partition coefficient (Wildman–Crippen LogP) is 9.74. The molecule has 40 heavy (non-hydrogen) atoms. The van der Waals surface area contributed by atoms with Crippen molar-refractivity contribution in [3.63, 3.8) is 0 Å². The molecule has 1 aromatic heterocycles. The van der Waals surface area contributed by atoms with E-state index in [9.17, 15) is 0 Å². The number of nitrogens with zero attached hydrogens (tertiary/aromatic N) is 1. The second-order valence-corrected chi connectivity index (χ2v) is 11.3. The Balaban J connectivity index is 1.42. The molecule has 0 aliphatic heterocycles. The second-order valence-electron chi connectivity index (χ2n) is 11.3. The molecule has 0 fully saturated rings. The van der Waals surface area contributed by atoms with Crippen molar-refractivity contribution in [1.82, 2.24) is 4.98 Å². The second kappa shape index (κ2) is 10.2. The Labute approximate surface area is 237 Å². The molecule has 0 amide bonds. The number of pyridine rings is 1. The molecule has 0 saturated heterocycles. The van der Waals surface area contributed by atoms with Gasteiger partial charge in [0.25, 0.3) is 0 Å². The number of hydrogen-bond donors (Lipinski definition) is 0. The number of rotatable bonds is 3. The molecular formula is C39H33N. The van der Waals surface area contributed by atoms with Gasteiger partial charge in [0.15, 0.2) is 0 Å². The van der Waals surface area contributed by atoms with E-state index in [0.29, 0.717) is 0 Å². The van der Waals surface area contributed by atoms with Gasteiger partial charge in [-0.1, -0.05) is 97.1 Å². The number of benzene rings is 5. The maximum absolute atomic E-state index is 5.44. The van der Waals surface area contributed by atoms with Gasteiger partial charge >= 0.3 is 0 Å². The maximum atomic E-state index is 5.44. The third-order valence-corrected chi connectivity index (χ3v) is 8.43. The standard InChI is InChI=1S/C39H33N/c1-26-22-27(2)35-25-37(34-20-18-32(19-21-34)31-6-4-3-5-7-31)39(40-38(35)23-26)36-24-30-13-12-28-8-10-29(11-9-28)14-16-33(36)17-15-30/h3-11,15,17-25H,12-14,16H2,1-2H3. The van der Waals surface area contributed by atoms with Crippen LogP contribution >= 0.6 is 0 Å². The fraction of sp³-hybridized carbons (Fsp3) is 0.154. The van der Waals surface area contributed by atoms with E-state index in [4.69, 9.17) is 4.98 Å². The first-order valence-electron chi connectivity index (χ1n) is 14.4. The molecule has 1 heterocycles. The Morgan fingerprint density at radius 1 is 0.500 bits per heavy atom. The first-order chi connectivity index (χ1) is 19.6. The highest BCUT2D eigenvalue weighted by Gasteiger charge is 2.17. The van der Waals surface area contributed by atoms with Gasteiger partial charge < -0.3 is 0 Å². The molecule has 0 atom stereocenters. The van der Waals surface area contributed by atoms with E-state index in [1.165, 1.54) is 66.6 Å². The van der Waals surface area contributed by atoms with Crippen LogP contribution in [0.4, 0.5) is 0 Å². The minimum absolute atomic E-state index is 0.994. The van der Waals surface area contributed by atoms with Crippen molar-refractivity contribution in [2.75, 3.05) is 0 Å². The lowest BCUT2D eigenvalue weighted by Gasteiger charge is -2.18. The Kier molecular flexibility index (Phi) is 6.28. The Morgan fingerprint density at radius 3 is 1.88 bits per heavy atom. The Bertz CT molecular complexity index is 1830. The van der Waals surface area contributed by atoms with Gasteiger partial charge in [0.1, 0.15) is 0 Å². The minimum Gasteiger partial charge on any atom is -0.247 e. The molecule has 4 aliphatic rings. The zero-order valence-corrected chi connectivity index (χ0v) is 23.2. The minimum atomic E-state index is 0.994. The molecule has 4 bridgehead atoms. The van der Waals surface area contributed by atoms with Crippen LogP contribution in [0.2, 0.25) is 0 Å². The van der Waals surface area contributed by atoms with E-state index in [0.717, 1.165) is 36.9 Å². The van der Waals surface area contributed by atoms with E-state index in [1.807, 2.05) is 0 Å². The summed E-state index contributed by atoms with van der Waals surface area (Å²) in [4.78, 5) is 5.44. The van der Waals surface area contributed by atoms with E-state index in [1.54, 1.807) is 0 Å². The van der Waals surface area contributed by atoms with Gasteiger partial charge in [-0.3, -0.25) is 0 Å². The molecule has 1 heteroatoms. The van der Waals surface area contributed by atoms with Crippen molar-refractivity contribution in [2.45, 2.75) is 39.5 Å². The summed E-state index contributed by atoms with van der Waals surface area (Å²) in [5.74, 6) is 0. The molecule has 194 valence electrons. The van der Waals surface area contributed by atoms with Crippen molar-refractivity contribution in [3.05, 3.63) is 149 Å². The number of hydrogen-bond acceptors (Lipinski definition) is 1. The van der Waals surface area contributed by atoms with Gasteiger partial charge in [0.05, 0.1) is 11.2 Å². The third-order valence-electron chi connectivity index (χ3n) is 8.43. The van der Waals surface area contributed by atoms with E-state index >= 15 is 0 Å². The SMILES string of the molecule is Cc1cc(C)c2cc(-c3ccc(-c4ccccc4)cc3)c(-c3cc4ccc3CCc3ccc(cc3)CC4)nc2c1. The molecule has 10 rings (SSSR count). The van der Waals surface area contributed by atoms with Crippen LogP contribution in [0.1, 0.15) is 33.4 Å². The number of fused-ring (bicyclic) bond motifs is 1. The van der Waals surface area contributed by atoms with Gasteiger partial charge in [-0.15, -0.1) is 0 Å². The van der Waals surface area contributed by atoms with Crippen molar-refractivity contribution in [1.29, 1.82) is 0 Å². The van der Waals surface area contributed by atoms with Crippen LogP contribution in [-0.4, -0.2) is 4.98 Å². The van der Waals surface area contributed by atoms with Crippen molar-refractivity contribution in [2.24, 2.45) is 0 Å². The zero-order valence-electron chi connectivity index (χ0n) is 23.2. The molecular weight excluding hydrogens is 482 g/mol. The van der Waals surface area contributed by atoms with Crippen LogP contribution in [0.15, 0.2) is 115 Å². The Morgan fingerprint density at radius 2 is 1.12 bits per heavy atom. The largest absolute Gasteiger partial charge is 0.247 e. The molecule has 0 radical (unpaired) electrons. The van der Waals surface area contributed by atoms with Crippen molar-refractivity contribution < 1.29 is 0 Å². The van der Waals surface area contributed by atoms with Crippen LogP contribution in [-0.2, 0) is 25.7 Å². The topological polar surface area (TPSA) is 12.9 Å². The highest BCUT2D eigenvalue weighted by Crippen LogP contribution is 2.38. The van der Waals surface area contributed by atoms with Crippen molar-refractivity contribution >= 4 is 10.9 Å². The molecule has 0 unspecified atom stereocenters. The quantitative estimate of drug-likeness (QED) is 0.229. The van der Waals surface area contributed by atoms with E-state index in [-0.39, 0.29) is 0 Å². The molecule has 6 aromatic rings. The molecule has 0 N–H and O–H groups in total. The van der Waals surface area contributed by atoms with Crippen LogP contribution in [0.3, 0.4) is 0 Å². The van der Waals surface area contributed by atoms with Crippen molar-refractivity contribution in [3.8, 4) is 33.5 Å². The van der Waals surface area contributed by atoms with Crippen LogP contribution in [0, 0.1) is 13.8 Å². The van der Waals surface area contributed by atoms with Crippen LogP contribution in [0.25, 0.3) is 44.4 Å². The summed E-state index contributed by atoms with van der Waals surface area (Å²) in [6, 6.07) is 42.8. The summed E-state index contributed by atoms with van der Waals surface area (Å²) < 4.78 is 0. The third kappa shape index (κ3) is 4.73. The number of aromatic nitrogens is 1. The summed E-state index contributed by atoms with van der Waals surface area (Å²) in [6.07, 6.45) is 4.10. The summed E-state index contributed by atoms with van der Waals surface area (Å²) >= 11 is 0. The van der Waals surface area contributed by atoms with E-state index in [2.05, 4.69) is 129 Å². The lowest BCUT2D eigenvalue weighted by atomic mass is 9.88. The van der Waals surface area contributed by atoms with Gasteiger partial charge in [0.2, 0.25) is 0 Å².